The van der Waals surface area contributed by atoms with E-state index in [2.05, 4.69) is 0 Å². The summed E-state index contributed by atoms with van der Waals surface area (Å²) in [6, 6.07) is 2.82. The van der Waals surface area contributed by atoms with Crippen LogP contribution in [0.3, 0.4) is 0 Å². The number of hydrogen-bond donors (Lipinski definition) is 1. The Kier molecular flexibility index (Phi) is 4.09. The number of hydrogen-bond acceptors (Lipinski definition) is 2. The van der Waals surface area contributed by atoms with E-state index < -0.39 is 11.6 Å². The number of nitrogens with zero attached hydrogens (tertiary/aromatic N) is 1. The van der Waals surface area contributed by atoms with E-state index in [0.717, 1.165) is 12.0 Å². The molecule has 0 aliphatic carbocycles. The van der Waals surface area contributed by atoms with Gasteiger partial charge in [-0.25, -0.2) is 8.78 Å². The molecule has 0 unspecified atom stereocenters. The summed E-state index contributed by atoms with van der Waals surface area (Å²) in [6.07, 6.45) is 0.721. The highest BCUT2D eigenvalue weighted by molar-refractivity contribution is 5.57. The first-order valence-corrected chi connectivity index (χ1v) is 5.67. The van der Waals surface area contributed by atoms with Gasteiger partial charge in [-0.05, 0) is 30.0 Å². The Bertz CT molecular complexity index is 401. The van der Waals surface area contributed by atoms with Crippen molar-refractivity contribution in [2.45, 2.75) is 25.7 Å². The van der Waals surface area contributed by atoms with Gasteiger partial charge in [0.2, 0.25) is 0 Å². The second-order valence-electron chi connectivity index (χ2n) is 5.07. The Balaban J connectivity index is 3.38. The molecule has 0 spiro atoms. The minimum Gasteiger partial charge on any atom is -0.375 e. The fourth-order valence-corrected chi connectivity index (χ4v) is 2.02. The molecule has 96 valence electrons. The molecular formula is C13H20F2N2. The van der Waals surface area contributed by atoms with Gasteiger partial charge in [0.1, 0.15) is 0 Å². The van der Waals surface area contributed by atoms with Crippen molar-refractivity contribution in [1.29, 1.82) is 0 Å². The van der Waals surface area contributed by atoms with Crippen molar-refractivity contribution >= 4 is 5.69 Å². The molecule has 0 aliphatic rings. The third-order valence-corrected chi connectivity index (χ3v) is 3.01. The molecule has 1 rings (SSSR count). The van der Waals surface area contributed by atoms with Crippen molar-refractivity contribution in [3.63, 3.8) is 0 Å². The summed E-state index contributed by atoms with van der Waals surface area (Å²) in [4.78, 5) is 1.60. The standard InChI is InChI=1S/C13H20F2N2/c1-13(2,7-8-16)9-5-6-10(14)11(15)12(9)17(3)4/h5-6H,7-8,16H2,1-4H3. The first kappa shape index (κ1) is 13.9. The monoisotopic (exact) mass is 242 g/mol. The van der Waals surface area contributed by atoms with E-state index in [0.29, 0.717) is 12.2 Å². The van der Waals surface area contributed by atoms with Crippen LogP contribution < -0.4 is 10.6 Å². The summed E-state index contributed by atoms with van der Waals surface area (Å²) < 4.78 is 27.1. The van der Waals surface area contributed by atoms with Crippen molar-refractivity contribution in [2.75, 3.05) is 25.5 Å². The quantitative estimate of drug-likeness (QED) is 0.879. The van der Waals surface area contributed by atoms with E-state index in [-0.39, 0.29) is 5.41 Å². The maximum atomic E-state index is 13.8. The predicted octanol–water partition coefficient (Wildman–Crippen LogP) is 2.66. The number of benzene rings is 1. The molecule has 2 N–H and O–H groups in total. The van der Waals surface area contributed by atoms with Gasteiger partial charge in [-0.3, -0.25) is 0 Å². The maximum absolute atomic E-state index is 13.8. The molecule has 1 aromatic rings. The molecule has 0 fully saturated rings. The third-order valence-electron chi connectivity index (χ3n) is 3.01. The van der Waals surface area contributed by atoms with Gasteiger partial charge in [0.25, 0.3) is 0 Å². The highest BCUT2D eigenvalue weighted by Crippen LogP contribution is 2.36. The molecule has 0 saturated heterocycles. The van der Waals surface area contributed by atoms with Gasteiger partial charge in [0, 0.05) is 14.1 Å². The van der Waals surface area contributed by atoms with Gasteiger partial charge >= 0.3 is 0 Å². The first-order valence-electron chi connectivity index (χ1n) is 5.67. The van der Waals surface area contributed by atoms with Crippen LogP contribution in [-0.4, -0.2) is 20.6 Å². The van der Waals surface area contributed by atoms with Crippen LogP contribution in [0.15, 0.2) is 12.1 Å². The van der Waals surface area contributed by atoms with Crippen LogP contribution in [-0.2, 0) is 5.41 Å². The minimum absolute atomic E-state index is 0.275. The van der Waals surface area contributed by atoms with Crippen molar-refractivity contribution < 1.29 is 8.78 Å². The van der Waals surface area contributed by atoms with Crippen molar-refractivity contribution in [3.8, 4) is 0 Å². The third kappa shape index (κ3) is 2.75. The highest BCUT2D eigenvalue weighted by atomic mass is 19.2. The summed E-state index contributed by atoms with van der Waals surface area (Å²) in [5, 5.41) is 0. The fourth-order valence-electron chi connectivity index (χ4n) is 2.02. The molecule has 2 nitrogen and oxygen atoms in total. The highest BCUT2D eigenvalue weighted by Gasteiger charge is 2.27. The van der Waals surface area contributed by atoms with Crippen LogP contribution in [0, 0.1) is 11.6 Å². The summed E-state index contributed by atoms with van der Waals surface area (Å²) in [6.45, 7) is 4.48. The molecule has 0 aromatic heterocycles. The van der Waals surface area contributed by atoms with Gasteiger partial charge in [0.15, 0.2) is 11.6 Å². The lowest BCUT2D eigenvalue weighted by Crippen LogP contribution is -2.26. The smallest absolute Gasteiger partial charge is 0.182 e. The van der Waals surface area contributed by atoms with E-state index in [9.17, 15) is 8.78 Å². The number of nitrogens with two attached hydrogens (primary N) is 1. The zero-order valence-electron chi connectivity index (χ0n) is 10.8. The SMILES string of the molecule is CN(C)c1c(C(C)(C)CCN)ccc(F)c1F. The molecule has 0 atom stereocenters. The van der Waals surface area contributed by atoms with Crippen LogP contribution in [0.1, 0.15) is 25.8 Å². The van der Waals surface area contributed by atoms with Gasteiger partial charge < -0.3 is 10.6 Å². The maximum Gasteiger partial charge on any atom is 0.182 e. The van der Waals surface area contributed by atoms with Crippen LogP contribution in [0.2, 0.25) is 0 Å². The molecule has 0 bridgehead atoms. The fraction of sp³-hybridized carbons (Fsp3) is 0.538. The van der Waals surface area contributed by atoms with Crippen LogP contribution in [0.5, 0.6) is 0 Å². The molecule has 0 heterocycles. The second kappa shape index (κ2) is 5.00. The lowest BCUT2D eigenvalue weighted by Gasteiger charge is -2.30. The van der Waals surface area contributed by atoms with Crippen LogP contribution >= 0.6 is 0 Å². The predicted molar refractivity (Wildman–Crippen MR) is 67.4 cm³/mol. The van der Waals surface area contributed by atoms with Crippen LogP contribution in [0.4, 0.5) is 14.5 Å². The molecule has 0 radical (unpaired) electrons. The van der Waals surface area contributed by atoms with Crippen molar-refractivity contribution in [1.82, 2.24) is 0 Å². The Morgan fingerprint density at radius 1 is 1.24 bits per heavy atom. The Morgan fingerprint density at radius 3 is 2.29 bits per heavy atom. The molecule has 1 aromatic carbocycles. The largest absolute Gasteiger partial charge is 0.375 e. The number of anilines is 1. The molecular weight excluding hydrogens is 222 g/mol. The summed E-state index contributed by atoms with van der Waals surface area (Å²) >= 11 is 0. The molecule has 0 aliphatic heterocycles. The minimum atomic E-state index is -0.819. The van der Waals surface area contributed by atoms with Crippen molar-refractivity contribution in [3.05, 3.63) is 29.3 Å². The average molecular weight is 242 g/mol. The zero-order valence-corrected chi connectivity index (χ0v) is 10.8. The van der Waals surface area contributed by atoms with Gasteiger partial charge in [-0.15, -0.1) is 0 Å². The number of halogens is 2. The summed E-state index contributed by atoms with van der Waals surface area (Å²) in [7, 11) is 3.42. The van der Waals surface area contributed by atoms with Crippen LogP contribution in [0.25, 0.3) is 0 Å². The molecule has 17 heavy (non-hydrogen) atoms. The Morgan fingerprint density at radius 2 is 1.82 bits per heavy atom. The summed E-state index contributed by atoms with van der Waals surface area (Å²) in [5.74, 6) is -1.61. The lowest BCUT2D eigenvalue weighted by atomic mass is 9.80. The van der Waals surface area contributed by atoms with E-state index in [1.54, 1.807) is 25.1 Å². The topological polar surface area (TPSA) is 29.3 Å². The van der Waals surface area contributed by atoms with E-state index in [4.69, 9.17) is 5.73 Å². The Labute approximate surface area is 101 Å². The lowest BCUT2D eigenvalue weighted by molar-refractivity contribution is 0.470. The van der Waals surface area contributed by atoms with Gasteiger partial charge in [-0.1, -0.05) is 19.9 Å². The van der Waals surface area contributed by atoms with E-state index in [1.807, 2.05) is 13.8 Å². The Hall–Kier alpha value is -1.16. The molecule has 4 heteroatoms. The van der Waals surface area contributed by atoms with E-state index in [1.165, 1.54) is 6.07 Å². The zero-order chi connectivity index (χ0) is 13.2. The average Bonchev–Trinajstić information content (AvgIpc) is 2.20. The second-order valence-corrected chi connectivity index (χ2v) is 5.07. The van der Waals surface area contributed by atoms with Crippen molar-refractivity contribution in [2.24, 2.45) is 5.73 Å². The van der Waals surface area contributed by atoms with Gasteiger partial charge in [0.05, 0.1) is 5.69 Å². The normalized spacial score (nSPS) is 11.7. The van der Waals surface area contributed by atoms with Gasteiger partial charge in [-0.2, -0.15) is 0 Å². The number of rotatable bonds is 4. The van der Waals surface area contributed by atoms with E-state index >= 15 is 0 Å². The summed E-state index contributed by atoms with van der Waals surface area (Å²) in [5.41, 5.74) is 6.38. The first-order chi connectivity index (χ1) is 7.81. The molecule has 0 saturated carbocycles. The molecule has 0 amide bonds.